The molecule has 0 aliphatic carbocycles. The highest BCUT2D eigenvalue weighted by molar-refractivity contribution is 5.36. The summed E-state index contributed by atoms with van der Waals surface area (Å²) in [7, 11) is 1.99. The first-order valence-corrected chi connectivity index (χ1v) is 7.37. The molecule has 1 N–H and O–H groups in total. The predicted molar refractivity (Wildman–Crippen MR) is 82.2 cm³/mol. The number of nitrogens with zero attached hydrogens (tertiary/aromatic N) is 4. The van der Waals surface area contributed by atoms with Gasteiger partial charge in [0.05, 0.1) is 5.69 Å². The van der Waals surface area contributed by atoms with Crippen LogP contribution in [0.2, 0.25) is 0 Å². The molecular formula is C15H23N5O. The molecule has 21 heavy (non-hydrogen) atoms. The minimum Gasteiger partial charge on any atom is -0.374 e. The van der Waals surface area contributed by atoms with Crippen molar-refractivity contribution in [3.8, 4) is 0 Å². The van der Waals surface area contributed by atoms with E-state index in [1.54, 1.807) is 6.20 Å². The van der Waals surface area contributed by atoms with Crippen LogP contribution in [0.15, 0.2) is 18.5 Å². The molecule has 2 heterocycles. The zero-order valence-corrected chi connectivity index (χ0v) is 13.0. The summed E-state index contributed by atoms with van der Waals surface area (Å²) in [6, 6.07) is 1.99. The van der Waals surface area contributed by atoms with Crippen molar-refractivity contribution in [3.05, 3.63) is 35.8 Å². The smallest absolute Gasteiger partial charge is 0.156 e. The highest BCUT2D eigenvalue weighted by Crippen LogP contribution is 2.11. The summed E-state index contributed by atoms with van der Waals surface area (Å²) in [6.07, 6.45) is 5.48. The van der Waals surface area contributed by atoms with Crippen LogP contribution in [0.5, 0.6) is 0 Å². The molecular weight excluding hydrogens is 266 g/mol. The Balaban J connectivity index is 2.19. The third-order valence-electron chi connectivity index (χ3n) is 3.08. The fourth-order valence-electron chi connectivity index (χ4n) is 1.97. The maximum absolute atomic E-state index is 5.42. The molecule has 0 aromatic carbocycles. The van der Waals surface area contributed by atoms with Crippen LogP contribution in [0.3, 0.4) is 0 Å². The Morgan fingerprint density at radius 3 is 2.81 bits per heavy atom. The zero-order valence-electron chi connectivity index (χ0n) is 13.0. The van der Waals surface area contributed by atoms with Crippen molar-refractivity contribution in [2.75, 3.05) is 18.5 Å². The quantitative estimate of drug-likeness (QED) is 0.806. The van der Waals surface area contributed by atoms with E-state index >= 15 is 0 Å². The summed E-state index contributed by atoms with van der Waals surface area (Å²) < 4.78 is 7.42. The molecule has 0 bridgehead atoms. The number of anilines is 1. The summed E-state index contributed by atoms with van der Waals surface area (Å²) >= 11 is 0. The molecule has 114 valence electrons. The molecule has 0 unspecified atom stereocenters. The van der Waals surface area contributed by atoms with Crippen molar-refractivity contribution >= 4 is 5.82 Å². The van der Waals surface area contributed by atoms with E-state index in [0.717, 1.165) is 30.3 Å². The van der Waals surface area contributed by atoms with E-state index < -0.39 is 0 Å². The van der Waals surface area contributed by atoms with Crippen LogP contribution in [0, 0.1) is 0 Å². The van der Waals surface area contributed by atoms with Gasteiger partial charge in [-0.15, -0.1) is 0 Å². The third kappa shape index (κ3) is 4.53. The number of hydrogen-bond acceptors (Lipinski definition) is 5. The summed E-state index contributed by atoms with van der Waals surface area (Å²) in [5.41, 5.74) is 0.951. The second-order valence-corrected chi connectivity index (χ2v) is 4.86. The van der Waals surface area contributed by atoms with Gasteiger partial charge in [0.2, 0.25) is 0 Å². The van der Waals surface area contributed by atoms with Gasteiger partial charge in [0.1, 0.15) is 18.2 Å². The molecule has 0 radical (unpaired) electrons. The van der Waals surface area contributed by atoms with E-state index in [1.807, 2.05) is 30.8 Å². The second kappa shape index (κ2) is 7.73. The Kier molecular flexibility index (Phi) is 5.68. The Bertz CT molecular complexity index is 541. The van der Waals surface area contributed by atoms with Gasteiger partial charge in [0, 0.05) is 45.1 Å². The molecule has 2 aromatic rings. The van der Waals surface area contributed by atoms with Gasteiger partial charge in [-0.1, -0.05) is 6.92 Å². The lowest BCUT2D eigenvalue weighted by Crippen LogP contribution is -2.09. The molecule has 0 aliphatic rings. The highest BCUT2D eigenvalue weighted by Gasteiger charge is 2.08. The fraction of sp³-hybridized carbons (Fsp3) is 0.533. The van der Waals surface area contributed by atoms with E-state index in [0.29, 0.717) is 25.5 Å². The van der Waals surface area contributed by atoms with Crippen molar-refractivity contribution in [3.63, 3.8) is 0 Å². The van der Waals surface area contributed by atoms with Gasteiger partial charge >= 0.3 is 0 Å². The Labute approximate surface area is 125 Å². The van der Waals surface area contributed by atoms with Crippen molar-refractivity contribution in [2.24, 2.45) is 7.05 Å². The highest BCUT2D eigenvalue weighted by atomic mass is 16.5. The fourth-order valence-corrected chi connectivity index (χ4v) is 1.97. The van der Waals surface area contributed by atoms with E-state index in [1.165, 1.54) is 0 Å². The summed E-state index contributed by atoms with van der Waals surface area (Å²) in [4.78, 5) is 13.4. The molecule has 0 fully saturated rings. The van der Waals surface area contributed by atoms with Crippen molar-refractivity contribution < 1.29 is 4.74 Å². The predicted octanol–water partition coefficient (Wildman–Crippen LogP) is 2.16. The minimum absolute atomic E-state index is 0.436. The van der Waals surface area contributed by atoms with E-state index in [4.69, 9.17) is 4.74 Å². The molecule has 0 saturated heterocycles. The Morgan fingerprint density at radius 1 is 1.29 bits per heavy atom. The normalized spacial score (nSPS) is 10.8. The molecule has 0 spiro atoms. The number of aromatic nitrogens is 4. The van der Waals surface area contributed by atoms with Crippen LogP contribution in [0.25, 0.3) is 0 Å². The minimum atomic E-state index is 0.436. The number of aryl methyl sites for hydroxylation is 1. The third-order valence-corrected chi connectivity index (χ3v) is 3.08. The maximum atomic E-state index is 5.42. The first-order chi connectivity index (χ1) is 10.2. The number of rotatable bonds is 8. The van der Waals surface area contributed by atoms with Crippen molar-refractivity contribution in [1.29, 1.82) is 0 Å². The number of imidazole rings is 1. The van der Waals surface area contributed by atoms with Gasteiger partial charge < -0.3 is 14.6 Å². The van der Waals surface area contributed by atoms with Gasteiger partial charge in [-0.05, 0) is 13.3 Å². The second-order valence-electron chi connectivity index (χ2n) is 4.86. The average molecular weight is 289 g/mol. The number of nitrogens with one attached hydrogen (secondary N) is 1. The molecule has 0 atom stereocenters. The molecule has 2 rings (SSSR count). The maximum Gasteiger partial charge on any atom is 0.156 e. The lowest BCUT2D eigenvalue weighted by Gasteiger charge is -2.10. The van der Waals surface area contributed by atoms with Crippen LogP contribution < -0.4 is 5.32 Å². The van der Waals surface area contributed by atoms with Crippen molar-refractivity contribution in [2.45, 2.75) is 33.3 Å². The SMILES string of the molecule is CCCNc1cc(Cc2nccn2C)nc(COCC)n1. The van der Waals surface area contributed by atoms with E-state index in [-0.39, 0.29) is 0 Å². The monoisotopic (exact) mass is 289 g/mol. The number of hydrogen-bond donors (Lipinski definition) is 1. The molecule has 6 nitrogen and oxygen atoms in total. The molecule has 0 aliphatic heterocycles. The zero-order chi connectivity index (χ0) is 15.1. The first-order valence-electron chi connectivity index (χ1n) is 7.37. The van der Waals surface area contributed by atoms with E-state index in [9.17, 15) is 0 Å². The molecule has 0 saturated carbocycles. The first kappa shape index (κ1) is 15.4. The summed E-state index contributed by atoms with van der Waals surface area (Å²) in [6.45, 7) is 6.08. The van der Waals surface area contributed by atoms with Crippen molar-refractivity contribution in [1.82, 2.24) is 19.5 Å². The van der Waals surface area contributed by atoms with Gasteiger partial charge in [-0.25, -0.2) is 15.0 Å². The molecule has 2 aromatic heterocycles. The molecule has 6 heteroatoms. The largest absolute Gasteiger partial charge is 0.374 e. The van der Waals surface area contributed by atoms with Gasteiger partial charge in [0.15, 0.2) is 5.82 Å². The Hall–Kier alpha value is -1.95. The van der Waals surface area contributed by atoms with Crippen LogP contribution in [0.1, 0.15) is 37.6 Å². The van der Waals surface area contributed by atoms with Gasteiger partial charge in [-0.3, -0.25) is 0 Å². The standard InChI is InChI=1S/C15H23N5O/c1-4-6-16-13-9-12(10-15-17-7-8-20(15)3)18-14(19-13)11-21-5-2/h7-9H,4-6,10-11H2,1-3H3,(H,16,18,19). The van der Waals surface area contributed by atoms with Gasteiger partial charge in [0.25, 0.3) is 0 Å². The topological polar surface area (TPSA) is 64.9 Å². The van der Waals surface area contributed by atoms with Crippen LogP contribution in [-0.4, -0.2) is 32.7 Å². The van der Waals surface area contributed by atoms with Gasteiger partial charge in [-0.2, -0.15) is 0 Å². The van der Waals surface area contributed by atoms with E-state index in [2.05, 4.69) is 27.2 Å². The van der Waals surface area contributed by atoms with Crippen LogP contribution in [-0.2, 0) is 24.8 Å². The molecule has 0 amide bonds. The van der Waals surface area contributed by atoms with Crippen LogP contribution >= 0.6 is 0 Å². The lowest BCUT2D eigenvalue weighted by molar-refractivity contribution is 0.128. The average Bonchev–Trinajstić information content (AvgIpc) is 2.88. The van der Waals surface area contributed by atoms with Crippen LogP contribution in [0.4, 0.5) is 5.82 Å². The summed E-state index contributed by atoms with van der Waals surface area (Å²) in [5.74, 6) is 2.55. The Morgan fingerprint density at radius 2 is 2.14 bits per heavy atom. The summed E-state index contributed by atoms with van der Waals surface area (Å²) in [5, 5.41) is 3.31. The number of ether oxygens (including phenoxy) is 1. The lowest BCUT2D eigenvalue weighted by atomic mass is 10.2.